The van der Waals surface area contributed by atoms with Crippen LogP contribution < -0.4 is 10.4 Å². The van der Waals surface area contributed by atoms with E-state index in [1.807, 2.05) is 0 Å². The number of carbonyl (C=O) groups is 2. The molecule has 4 nitrogen and oxygen atoms in total. The summed E-state index contributed by atoms with van der Waals surface area (Å²) in [4.78, 5) is 23.0. The Morgan fingerprint density at radius 1 is 1.00 bits per heavy atom. The zero-order valence-corrected chi connectivity index (χ0v) is 10.9. The summed E-state index contributed by atoms with van der Waals surface area (Å²) in [6, 6.07) is 13.7. The van der Waals surface area contributed by atoms with E-state index in [1.165, 1.54) is 30.3 Å². The number of carboxylic acids is 1. The normalized spacial score (nSPS) is 11.0. The second-order valence-corrected chi connectivity index (χ2v) is 4.19. The standard InChI is InChI=1S/C16H12FNO3/c17-13-9-5-4-8-12(13)10-14(16(20)21)18-15(19)11-6-2-1-3-7-11/h1-10H,(H,18,19)(H,20,21)/p-1/b14-10+. The van der Waals surface area contributed by atoms with E-state index in [9.17, 15) is 19.1 Å². The fraction of sp³-hybridized carbons (Fsp3) is 0. The van der Waals surface area contributed by atoms with Crippen molar-refractivity contribution in [2.45, 2.75) is 0 Å². The summed E-state index contributed by atoms with van der Waals surface area (Å²) in [7, 11) is 0. The molecule has 0 bridgehead atoms. The number of halogens is 1. The lowest BCUT2D eigenvalue weighted by Crippen LogP contribution is -2.35. The molecule has 1 amide bonds. The average Bonchev–Trinajstić information content (AvgIpc) is 2.49. The average molecular weight is 284 g/mol. The second-order valence-electron chi connectivity index (χ2n) is 4.19. The van der Waals surface area contributed by atoms with Crippen LogP contribution in [-0.4, -0.2) is 11.9 Å². The van der Waals surface area contributed by atoms with Crippen molar-refractivity contribution >= 4 is 18.0 Å². The van der Waals surface area contributed by atoms with Crippen LogP contribution in [0.15, 0.2) is 60.3 Å². The molecule has 2 rings (SSSR count). The smallest absolute Gasteiger partial charge is 0.255 e. The number of nitrogens with one attached hydrogen (secondary N) is 1. The number of benzene rings is 2. The lowest BCUT2D eigenvalue weighted by atomic mass is 10.1. The van der Waals surface area contributed by atoms with Crippen LogP contribution in [0.1, 0.15) is 15.9 Å². The number of carbonyl (C=O) groups excluding carboxylic acids is 2. The van der Waals surface area contributed by atoms with Crippen LogP contribution in [-0.2, 0) is 4.79 Å². The van der Waals surface area contributed by atoms with E-state index >= 15 is 0 Å². The Morgan fingerprint density at radius 3 is 2.24 bits per heavy atom. The van der Waals surface area contributed by atoms with E-state index in [4.69, 9.17) is 0 Å². The third-order valence-corrected chi connectivity index (χ3v) is 2.71. The molecular weight excluding hydrogens is 273 g/mol. The fourth-order valence-corrected chi connectivity index (χ4v) is 1.68. The van der Waals surface area contributed by atoms with E-state index in [1.54, 1.807) is 24.3 Å². The molecule has 21 heavy (non-hydrogen) atoms. The summed E-state index contributed by atoms with van der Waals surface area (Å²) in [6.45, 7) is 0. The Hall–Kier alpha value is -2.95. The van der Waals surface area contributed by atoms with Gasteiger partial charge in [-0.1, -0.05) is 36.4 Å². The Balaban J connectivity index is 2.27. The molecule has 0 aromatic heterocycles. The maximum Gasteiger partial charge on any atom is 0.255 e. The highest BCUT2D eigenvalue weighted by atomic mass is 19.1. The third kappa shape index (κ3) is 3.76. The van der Waals surface area contributed by atoms with Crippen molar-refractivity contribution in [3.63, 3.8) is 0 Å². The van der Waals surface area contributed by atoms with Gasteiger partial charge >= 0.3 is 0 Å². The molecule has 0 unspecified atom stereocenters. The number of amides is 1. The van der Waals surface area contributed by atoms with Crippen molar-refractivity contribution < 1.29 is 19.1 Å². The number of carboxylic acid groups (broad SMARTS) is 1. The minimum absolute atomic E-state index is 0.0464. The number of hydrogen-bond donors (Lipinski definition) is 1. The van der Waals surface area contributed by atoms with Gasteiger partial charge in [0, 0.05) is 11.1 Å². The van der Waals surface area contributed by atoms with Gasteiger partial charge in [0.1, 0.15) is 5.82 Å². The first-order valence-electron chi connectivity index (χ1n) is 6.12. The van der Waals surface area contributed by atoms with Crippen LogP contribution in [0.4, 0.5) is 4.39 Å². The van der Waals surface area contributed by atoms with Gasteiger partial charge in [0.25, 0.3) is 5.91 Å². The lowest BCUT2D eigenvalue weighted by Gasteiger charge is -2.11. The van der Waals surface area contributed by atoms with Crippen molar-refractivity contribution in [1.29, 1.82) is 0 Å². The van der Waals surface area contributed by atoms with Gasteiger partial charge < -0.3 is 15.2 Å². The molecule has 0 fully saturated rings. The molecule has 0 radical (unpaired) electrons. The van der Waals surface area contributed by atoms with Crippen LogP contribution in [0.2, 0.25) is 0 Å². The van der Waals surface area contributed by atoms with E-state index in [0.29, 0.717) is 0 Å². The summed E-state index contributed by atoms with van der Waals surface area (Å²) >= 11 is 0. The maximum atomic E-state index is 13.5. The summed E-state index contributed by atoms with van der Waals surface area (Å²) in [5, 5.41) is 13.3. The Bertz CT molecular complexity index is 696. The molecule has 0 saturated carbocycles. The second kappa shape index (κ2) is 6.47. The first-order chi connectivity index (χ1) is 10.1. The van der Waals surface area contributed by atoms with E-state index in [-0.39, 0.29) is 11.1 Å². The van der Waals surface area contributed by atoms with Gasteiger partial charge in [-0.05, 0) is 24.3 Å². The van der Waals surface area contributed by atoms with E-state index in [2.05, 4.69) is 5.32 Å². The first-order valence-corrected chi connectivity index (χ1v) is 6.12. The molecule has 2 aromatic carbocycles. The molecule has 5 heteroatoms. The van der Waals surface area contributed by atoms with Crippen molar-refractivity contribution in [1.82, 2.24) is 5.32 Å². The van der Waals surface area contributed by atoms with Gasteiger partial charge in [-0.25, -0.2) is 4.39 Å². The minimum Gasteiger partial charge on any atom is -0.543 e. The zero-order chi connectivity index (χ0) is 15.2. The fourth-order valence-electron chi connectivity index (χ4n) is 1.68. The van der Waals surface area contributed by atoms with Gasteiger partial charge in [-0.15, -0.1) is 0 Å². The molecular formula is C16H11FNO3-. The topological polar surface area (TPSA) is 69.2 Å². The van der Waals surface area contributed by atoms with Gasteiger partial charge in [0.05, 0.1) is 11.7 Å². The summed E-state index contributed by atoms with van der Waals surface area (Å²) in [5.74, 6) is -2.80. The van der Waals surface area contributed by atoms with Crippen LogP contribution in [0.3, 0.4) is 0 Å². The predicted molar refractivity (Wildman–Crippen MR) is 73.3 cm³/mol. The van der Waals surface area contributed by atoms with Gasteiger partial charge in [-0.3, -0.25) is 4.79 Å². The SMILES string of the molecule is O=C([O-])/C(=C\c1ccccc1F)NC(=O)c1ccccc1. The molecule has 106 valence electrons. The maximum absolute atomic E-state index is 13.5. The Labute approximate surface area is 120 Å². The van der Waals surface area contributed by atoms with E-state index < -0.39 is 23.4 Å². The largest absolute Gasteiger partial charge is 0.543 e. The molecule has 0 heterocycles. The van der Waals surface area contributed by atoms with Crippen molar-refractivity contribution in [3.05, 3.63) is 77.2 Å². The van der Waals surface area contributed by atoms with Gasteiger partial charge in [0.2, 0.25) is 0 Å². The third-order valence-electron chi connectivity index (χ3n) is 2.71. The van der Waals surface area contributed by atoms with Crippen LogP contribution in [0.5, 0.6) is 0 Å². The molecule has 0 atom stereocenters. The molecule has 0 saturated heterocycles. The Kier molecular flexibility index (Phi) is 4.46. The summed E-state index contributed by atoms with van der Waals surface area (Å²) in [6.07, 6.45) is 1.02. The quantitative estimate of drug-likeness (QED) is 0.862. The monoisotopic (exact) mass is 284 g/mol. The molecule has 0 aliphatic heterocycles. The Morgan fingerprint density at radius 2 is 1.62 bits per heavy atom. The summed E-state index contributed by atoms with van der Waals surface area (Å²) < 4.78 is 13.5. The molecule has 0 aliphatic carbocycles. The van der Waals surface area contributed by atoms with Crippen molar-refractivity contribution in [3.8, 4) is 0 Å². The number of hydrogen-bond acceptors (Lipinski definition) is 3. The van der Waals surface area contributed by atoms with Crippen molar-refractivity contribution in [2.75, 3.05) is 0 Å². The molecule has 0 aliphatic rings. The van der Waals surface area contributed by atoms with Crippen LogP contribution in [0, 0.1) is 5.82 Å². The predicted octanol–water partition coefficient (Wildman–Crippen LogP) is 1.35. The molecule has 0 spiro atoms. The molecule has 2 aromatic rings. The number of aliphatic carboxylic acids is 1. The number of rotatable bonds is 4. The van der Waals surface area contributed by atoms with Crippen LogP contribution >= 0.6 is 0 Å². The van der Waals surface area contributed by atoms with Gasteiger partial charge in [-0.2, -0.15) is 0 Å². The first kappa shape index (κ1) is 14.5. The molecule has 1 N–H and O–H groups in total. The van der Waals surface area contributed by atoms with E-state index in [0.717, 1.165) is 6.08 Å². The van der Waals surface area contributed by atoms with Crippen LogP contribution in [0.25, 0.3) is 6.08 Å². The van der Waals surface area contributed by atoms with Crippen molar-refractivity contribution in [2.24, 2.45) is 0 Å². The van der Waals surface area contributed by atoms with Gasteiger partial charge in [0.15, 0.2) is 0 Å². The summed E-state index contributed by atoms with van der Waals surface area (Å²) in [5.41, 5.74) is -0.169. The zero-order valence-electron chi connectivity index (χ0n) is 10.9. The highest BCUT2D eigenvalue weighted by Crippen LogP contribution is 2.10. The highest BCUT2D eigenvalue weighted by molar-refractivity contribution is 6.02. The highest BCUT2D eigenvalue weighted by Gasteiger charge is 2.09. The lowest BCUT2D eigenvalue weighted by molar-refractivity contribution is -0.299. The minimum atomic E-state index is -1.59.